The van der Waals surface area contributed by atoms with Crippen molar-refractivity contribution < 1.29 is 4.74 Å². The highest BCUT2D eigenvalue weighted by atomic mass is 16.5. The zero-order valence-corrected chi connectivity index (χ0v) is 9.66. The molecule has 0 spiro atoms. The summed E-state index contributed by atoms with van der Waals surface area (Å²) in [5.74, 6) is 0.674. The van der Waals surface area contributed by atoms with E-state index in [0.717, 1.165) is 0 Å². The maximum Gasteiger partial charge on any atom is 0.166 e. The second-order valence-corrected chi connectivity index (χ2v) is 3.77. The van der Waals surface area contributed by atoms with Gasteiger partial charge in [-0.05, 0) is 26.0 Å². The fraction of sp³-hybridized carbons (Fsp3) is 0.250. The molecule has 0 amide bonds. The molecule has 2 heterocycles. The van der Waals surface area contributed by atoms with Gasteiger partial charge in [0.25, 0.3) is 0 Å². The molecular formula is C12H12N4O. The summed E-state index contributed by atoms with van der Waals surface area (Å²) in [6.07, 6.45) is 5.03. The van der Waals surface area contributed by atoms with Gasteiger partial charge in [0.1, 0.15) is 11.8 Å². The van der Waals surface area contributed by atoms with Crippen molar-refractivity contribution in [1.82, 2.24) is 14.8 Å². The molecular weight excluding hydrogens is 216 g/mol. The first-order valence-electron chi connectivity index (χ1n) is 5.27. The second kappa shape index (κ2) is 4.66. The molecule has 86 valence electrons. The van der Waals surface area contributed by atoms with E-state index in [2.05, 4.69) is 10.1 Å². The molecule has 0 radical (unpaired) electrons. The highest BCUT2D eigenvalue weighted by Gasteiger charge is 2.07. The first-order chi connectivity index (χ1) is 8.20. The molecule has 0 bridgehead atoms. The summed E-state index contributed by atoms with van der Waals surface area (Å²) in [5.41, 5.74) is 0.986. The predicted octanol–water partition coefficient (Wildman–Crippen LogP) is 1.93. The van der Waals surface area contributed by atoms with Crippen LogP contribution in [0.5, 0.6) is 5.75 Å². The molecule has 0 N–H and O–H groups in total. The van der Waals surface area contributed by atoms with E-state index in [9.17, 15) is 0 Å². The third-order valence-electron chi connectivity index (χ3n) is 2.07. The van der Waals surface area contributed by atoms with Crippen LogP contribution in [0.3, 0.4) is 0 Å². The van der Waals surface area contributed by atoms with Crippen LogP contribution in [-0.2, 0) is 0 Å². The summed E-state index contributed by atoms with van der Waals surface area (Å²) in [7, 11) is 0. The van der Waals surface area contributed by atoms with Crippen molar-refractivity contribution >= 4 is 0 Å². The Bertz CT molecular complexity index is 554. The van der Waals surface area contributed by atoms with E-state index >= 15 is 0 Å². The third kappa shape index (κ3) is 2.42. The van der Waals surface area contributed by atoms with Crippen LogP contribution < -0.4 is 4.74 Å². The predicted molar refractivity (Wildman–Crippen MR) is 61.8 cm³/mol. The fourth-order valence-electron chi connectivity index (χ4n) is 1.44. The highest BCUT2D eigenvalue weighted by molar-refractivity contribution is 5.43. The number of hydrogen-bond acceptors (Lipinski definition) is 4. The van der Waals surface area contributed by atoms with Gasteiger partial charge in [-0.15, -0.1) is 0 Å². The Kier molecular flexibility index (Phi) is 3.06. The number of aromatic nitrogens is 3. The van der Waals surface area contributed by atoms with Crippen molar-refractivity contribution in [2.45, 2.75) is 20.0 Å². The lowest BCUT2D eigenvalue weighted by Crippen LogP contribution is -2.04. The molecule has 0 saturated carbocycles. The van der Waals surface area contributed by atoms with Crippen LogP contribution in [0.1, 0.15) is 19.5 Å². The molecule has 0 saturated heterocycles. The zero-order valence-electron chi connectivity index (χ0n) is 9.66. The van der Waals surface area contributed by atoms with E-state index in [0.29, 0.717) is 17.1 Å². The third-order valence-corrected chi connectivity index (χ3v) is 2.07. The van der Waals surface area contributed by atoms with E-state index in [1.54, 1.807) is 35.4 Å². The second-order valence-electron chi connectivity index (χ2n) is 3.77. The SMILES string of the molecule is CC(C)Oc1cnn(-c2cccnc2C#N)c1. The molecule has 2 aromatic heterocycles. The number of rotatable bonds is 3. The van der Waals surface area contributed by atoms with Crippen molar-refractivity contribution in [3.8, 4) is 17.5 Å². The minimum Gasteiger partial charge on any atom is -0.488 e. The Morgan fingerprint density at radius 1 is 1.47 bits per heavy atom. The topological polar surface area (TPSA) is 63.7 Å². The normalized spacial score (nSPS) is 10.2. The van der Waals surface area contributed by atoms with E-state index in [-0.39, 0.29) is 6.10 Å². The van der Waals surface area contributed by atoms with Gasteiger partial charge in [0.15, 0.2) is 11.4 Å². The fourth-order valence-corrected chi connectivity index (χ4v) is 1.44. The molecule has 0 aliphatic rings. The lowest BCUT2D eigenvalue weighted by molar-refractivity contribution is 0.242. The molecule has 2 rings (SSSR count). The van der Waals surface area contributed by atoms with E-state index in [1.165, 1.54) is 0 Å². The van der Waals surface area contributed by atoms with Crippen LogP contribution in [0.15, 0.2) is 30.7 Å². The Hall–Kier alpha value is -2.35. The summed E-state index contributed by atoms with van der Waals surface area (Å²) >= 11 is 0. The van der Waals surface area contributed by atoms with E-state index in [4.69, 9.17) is 10.00 Å². The minimum atomic E-state index is 0.0944. The lowest BCUT2D eigenvalue weighted by Gasteiger charge is -2.05. The van der Waals surface area contributed by atoms with Crippen molar-refractivity contribution in [2.75, 3.05) is 0 Å². The molecule has 5 heteroatoms. The van der Waals surface area contributed by atoms with E-state index in [1.807, 2.05) is 19.9 Å². The summed E-state index contributed by atoms with van der Waals surface area (Å²) in [4.78, 5) is 3.98. The number of nitriles is 1. The van der Waals surface area contributed by atoms with Crippen LogP contribution in [0.25, 0.3) is 5.69 Å². The molecule has 0 fully saturated rings. The van der Waals surface area contributed by atoms with Gasteiger partial charge in [-0.2, -0.15) is 10.4 Å². The molecule has 0 unspecified atom stereocenters. The molecule has 0 aliphatic carbocycles. The maximum atomic E-state index is 8.95. The monoisotopic (exact) mass is 228 g/mol. The van der Waals surface area contributed by atoms with Crippen LogP contribution in [0.4, 0.5) is 0 Å². The number of hydrogen-bond donors (Lipinski definition) is 0. The first kappa shape index (κ1) is 11.1. The van der Waals surface area contributed by atoms with Crippen LogP contribution in [-0.4, -0.2) is 20.9 Å². The summed E-state index contributed by atoms with van der Waals surface area (Å²) < 4.78 is 7.09. The summed E-state index contributed by atoms with van der Waals surface area (Å²) in [6, 6.07) is 5.59. The van der Waals surface area contributed by atoms with Crippen molar-refractivity contribution in [3.63, 3.8) is 0 Å². The van der Waals surface area contributed by atoms with E-state index < -0.39 is 0 Å². The molecule has 2 aromatic rings. The summed E-state index contributed by atoms with van der Waals surface area (Å²) in [6.45, 7) is 3.89. The van der Waals surface area contributed by atoms with Gasteiger partial charge >= 0.3 is 0 Å². The quantitative estimate of drug-likeness (QED) is 0.805. The van der Waals surface area contributed by atoms with Gasteiger partial charge in [0.2, 0.25) is 0 Å². The molecule has 5 nitrogen and oxygen atoms in total. The minimum absolute atomic E-state index is 0.0944. The lowest BCUT2D eigenvalue weighted by atomic mass is 10.3. The average Bonchev–Trinajstić information content (AvgIpc) is 2.76. The van der Waals surface area contributed by atoms with Gasteiger partial charge in [-0.3, -0.25) is 0 Å². The van der Waals surface area contributed by atoms with Crippen molar-refractivity contribution in [3.05, 3.63) is 36.4 Å². The Morgan fingerprint density at radius 2 is 2.29 bits per heavy atom. The Labute approximate surface area is 99.3 Å². The van der Waals surface area contributed by atoms with Gasteiger partial charge in [-0.25, -0.2) is 9.67 Å². The highest BCUT2D eigenvalue weighted by Crippen LogP contribution is 2.16. The molecule has 17 heavy (non-hydrogen) atoms. The molecule has 0 atom stereocenters. The maximum absolute atomic E-state index is 8.95. The van der Waals surface area contributed by atoms with Gasteiger partial charge in [0, 0.05) is 6.20 Å². The largest absolute Gasteiger partial charge is 0.488 e. The summed E-state index contributed by atoms with van der Waals surface area (Å²) in [5, 5.41) is 13.1. The standard InChI is InChI=1S/C12H12N4O/c1-9(2)17-10-7-15-16(8-10)12-4-3-5-14-11(12)6-13/h3-5,7-9H,1-2H3. The van der Waals surface area contributed by atoms with Crippen molar-refractivity contribution in [1.29, 1.82) is 5.26 Å². The van der Waals surface area contributed by atoms with Crippen LogP contribution in [0.2, 0.25) is 0 Å². The Balaban J connectivity index is 2.34. The van der Waals surface area contributed by atoms with Gasteiger partial charge < -0.3 is 4.74 Å². The average molecular weight is 228 g/mol. The number of pyridine rings is 1. The van der Waals surface area contributed by atoms with Gasteiger partial charge in [-0.1, -0.05) is 0 Å². The van der Waals surface area contributed by atoms with Crippen LogP contribution in [0, 0.1) is 11.3 Å². The molecule has 0 aromatic carbocycles. The smallest absolute Gasteiger partial charge is 0.166 e. The number of ether oxygens (including phenoxy) is 1. The van der Waals surface area contributed by atoms with Gasteiger partial charge in [0.05, 0.1) is 18.5 Å². The van der Waals surface area contributed by atoms with Crippen molar-refractivity contribution in [2.24, 2.45) is 0 Å². The number of nitrogens with zero attached hydrogens (tertiary/aromatic N) is 4. The molecule has 0 aliphatic heterocycles. The van der Waals surface area contributed by atoms with Crippen LogP contribution >= 0.6 is 0 Å². The first-order valence-corrected chi connectivity index (χ1v) is 5.27. The Morgan fingerprint density at radius 3 is 3.00 bits per heavy atom. The zero-order chi connectivity index (χ0) is 12.3.